The highest BCUT2D eigenvalue weighted by atomic mass is 32.1. The van der Waals surface area contributed by atoms with Gasteiger partial charge in [-0.3, -0.25) is 0 Å². The molecule has 354 valence electrons. The summed E-state index contributed by atoms with van der Waals surface area (Å²) in [5.41, 5.74) is 25.0. The molecule has 1 spiro atoms. The molecular formula is C74H47NS. The molecule has 0 unspecified atom stereocenters. The summed E-state index contributed by atoms with van der Waals surface area (Å²) in [6.45, 7) is 0. The Labute approximate surface area is 446 Å². The molecule has 1 nitrogen and oxygen atoms in total. The molecule has 0 amide bonds. The lowest BCUT2D eigenvalue weighted by Crippen LogP contribution is -2.29. The van der Waals surface area contributed by atoms with Crippen molar-refractivity contribution < 1.29 is 0 Å². The Morgan fingerprint density at radius 2 is 0.645 bits per heavy atom. The number of anilines is 3. The van der Waals surface area contributed by atoms with Gasteiger partial charge in [0.15, 0.2) is 0 Å². The van der Waals surface area contributed by atoms with E-state index >= 15 is 0 Å². The van der Waals surface area contributed by atoms with Crippen LogP contribution >= 0.6 is 11.3 Å². The van der Waals surface area contributed by atoms with Crippen LogP contribution in [-0.2, 0) is 10.8 Å². The summed E-state index contributed by atoms with van der Waals surface area (Å²) < 4.78 is 2.55. The molecule has 0 bridgehead atoms. The molecule has 1 aromatic heterocycles. The molecule has 0 aliphatic heterocycles. The Bertz CT molecular complexity index is 4360. The average Bonchev–Trinajstić information content (AvgIpc) is 4.32. The molecule has 3 aliphatic carbocycles. The Kier molecular flexibility index (Phi) is 9.40. The zero-order valence-corrected chi connectivity index (χ0v) is 42.3. The van der Waals surface area contributed by atoms with Gasteiger partial charge in [-0.2, -0.15) is 0 Å². The van der Waals surface area contributed by atoms with E-state index in [2.05, 4.69) is 290 Å². The van der Waals surface area contributed by atoms with E-state index in [-0.39, 0.29) is 0 Å². The van der Waals surface area contributed by atoms with E-state index in [0.29, 0.717) is 0 Å². The third kappa shape index (κ3) is 5.85. The second-order valence-electron chi connectivity index (χ2n) is 20.6. The molecule has 13 aromatic rings. The first-order valence-corrected chi connectivity index (χ1v) is 27.2. The van der Waals surface area contributed by atoms with Crippen LogP contribution in [0.2, 0.25) is 0 Å². The van der Waals surface area contributed by atoms with Crippen LogP contribution in [0.15, 0.2) is 285 Å². The van der Waals surface area contributed by atoms with Crippen molar-refractivity contribution in [2.45, 2.75) is 10.8 Å². The summed E-state index contributed by atoms with van der Waals surface area (Å²) in [5.74, 6) is 0. The summed E-state index contributed by atoms with van der Waals surface area (Å²) in [5, 5.41) is 2.55. The van der Waals surface area contributed by atoms with Crippen molar-refractivity contribution in [3.05, 3.63) is 330 Å². The number of thiophene rings is 1. The largest absolute Gasteiger partial charge is 0.308 e. The van der Waals surface area contributed by atoms with Crippen molar-refractivity contribution in [2.24, 2.45) is 0 Å². The minimum absolute atomic E-state index is 0.502. The molecule has 1 heterocycles. The SMILES string of the molecule is c1ccc(-c2cccc(C3(c4cccc(-c5ccccc5)c4)c4ccccc4-c4c(N(c5cccc6c5-c5ccccc5C65c6ccccc6-c6ccccc65)c5cccc6c5sc5ccccc56)cccc43)c2)cc1. The van der Waals surface area contributed by atoms with Crippen LogP contribution in [0.1, 0.15) is 44.5 Å². The highest BCUT2D eigenvalue weighted by Crippen LogP contribution is 2.66. The molecule has 16 rings (SSSR count). The molecule has 3 aliphatic rings. The van der Waals surface area contributed by atoms with Crippen LogP contribution in [0, 0.1) is 0 Å². The fourth-order valence-corrected chi connectivity index (χ4v) is 15.2. The summed E-state index contributed by atoms with van der Waals surface area (Å²) in [7, 11) is 0. The predicted octanol–water partition coefficient (Wildman–Crippen LogP) is 19.6. The summed E-state index contributed by atoms with van der Waals surface area (Å²) >= 11 is 1.89. The molecule has 0 N–H and O–H groups in total. The van der Waals surface area contributed by atoms with Crippen LogP contribution < -0.4 is 4.90 Å². The summed E-state index contributed by atoms with van der Waals surface area (Å²) in [6, 6.07) is 107. The maximum Gasteiger partial charge on any atom is 0.0726 e. The lowest BCUT2D eigenvalue weighted by atomic mass is 9.67. The average molecular weight is 982 g/mol. The van der Waals surface area contributed by atoms with Crippen molar-refractivity contribution in [1.82, 2.24) is 0 Å². The lowest BCUT2D eigenvalue weighted by Gasteiger charge is -2.35. The molecule has 12 aromatic carbocycles. The first kappa shape index (κ1) is 43.1. The number of nitrogens with zero attached hydrogens (tertiary/aromatic N) is 1. The van der Waals surface area contributed by atoms with Crippen molar-refractivity contribution in [3.63, 3.8) is 0 Å². The quantitative estimate of drug-likeness (QED) is 0.154. The summed E-state index contributed by atoms with van der Waals surface area (Å²) in [6.07, 6.45) is 0. The van der Waals surface area contributed by atoms with Gasteiger partial charge in [0, 0.05) is 26.6 Å². The molecular weight excluding hydrogens is 935 g/mol. The first-order valence-electron chi connectivity index (χ1n) is 26.4. The monoisotopic (exact) mass is 981 g/mol. The standard InChI is InChI=1S/C74H47NS/c1-3-22-48(23-4-1)50-26-17-28-52(46-50)73(53-29-18-27-51(47-53)49-24-5-2-6-25-49)62-38-14-9-33-58(62)70-64(73)40-20-42-66(70)75(68-44-19-35-57-56-32-11-16-45-69(56)76-72(57)68)67-43-21-41-65-71(67)59-34-10-15-39-63(59)74(65)60-36-12-7-30-54(60)55-31-8-13-37-61(55)74/h1-47H. The van der Waals surface area contributed by atoms with Crippen LogP contribution in [-0.4, -0.2) is 0 Å². The van der Waals surface area contributed by atoms with Crippen LogP contribution in [0.25, 0.3) is 75.8 Å². The second-order valence-corrected chi connectivity index (χ2v) is 21.6. The van der Waals surface area contributed by atoms with Gasteiger partial charge in [0.05, 0.1) is 32.6 Å². The molecule has 0 atom stereocenters. The molecule has 0 saturated heterocycles. The van der Waals surface area contributed by atoms with Gasteiger partial charge in [0.2, 0.25) is 0 Å². The van der Waals surface area contributed by atoms with Crippen molar-refractivity contribution >= 4 is 48.6 Å². The zero-order chi connectivity index (χ0) is 50.0. The maximum absolute atomic E-state index is 2.66. The minimum atomic E-state index is -0.695. The van der Waals surface area contributed by atoms with Crippen LogP contribution in [0.5, 0.6) is 0 Å². The third-order valence-corrected chi connectivity index (χ3v) is 18.2. The number of hydrogen-bond acceptors (Lipinski definition) is 2. The minimum Gasteiger partial charge on any atom is -0.308 e. The van der Waals surface area contributed by atoms with Gasteiger partial charge in [0.25, 0.3) is 0 Å². The van der Waals surface area contributed by atoms with Gasteiger partial charge in [0.1, 0.15) is 0 Å². The smallest absolute Gasteiger partial charge is 0.0726 e. The van der Waals surface area contributed by atoms with Gasteiger partial charge < -0.3 is 4.90 Å². The van der Waals surface area contributed by atoms with E-state index in [0.717, 1.165) is 11.4 Å². The second kappa shape index (κ2) is 16.6. The predicted molar refractivity (Wildman–Crippen MR) is 318 cm³/mol. The highest BCUT2D eigenvalue weighted by molar-refractivity contribution is 7.26. The first-order chi connectivity index (χ1) is 37.7. The zero-order valence-electron chi connectivity index (χ0n) is 41.5. The van der Waals surface area contributed by atoms with Crippen LogP contribution in [0.3, 0.4) is 0 Å². The lowest BCUT2D eigenvalue weighted by molar-refractivity contribution is 0.769. The molecule has 0 saturated carbocycles. The number of hydrogen-bond donors (Lipinski definition) is 0. The van der Waals surface area contributed by atoms with E-state index in [1.54, 1.807) is 0 Å². The highest BCUT2D eigenvalue weighted by Gasteiger charge is 2.53. The van der Waals surface area contributed by atoms with Gasteiger partial charge in [-0.25, -0.2) is 0 Å². The molecule has 0 radical (unpaired) electrons. The maximum atomic E-state index is 2.66. The Hall–Kier alpha value is -9.34. The number of benzene rings is 12. The third-order valence-electron chi connectivity index (χ3n) is 17.0. The number of fused-ring (bicyclic) bond motifs is 16. The molecule has 0 fully saturated rings. The molecule has 2 heteroatoms. The van der Waals surface area contributed by atoms with Crippen LogP contribution in [0.4, 0.5) is 17.1 Å². The van der Waals surface area contributed by atoms with E-state index in [9.17, 15) is 0 Å². The van der Waals surface area contributed by atoms with Gasteiger partial charge in [-0.15, -0.1) is 11.3 Å². The normalized spacial score (nSPS) is 13.7. The van der Waals surface area contributed by atoms with Crippen molar-refractivity contribution in [2.75, 3.05) is 4.90 Å². The van der Waals surface area contributed by atoms with E-state index in [1.807, 2.05) is 11.3 Å². The van der Waals surface area contributed by atoms with Gasteiger partial charge in [-0.05, 0) is 125 Å². The Morgan fingerprint density at radius 1 is 0.263 bits per heavy atom. The molecule has 76 heavy (non-hydrogen) atoms. The summed E-state index contributed by atoms with van der Waals surface area (Å²) in [4.78, 5) is 2.66. The fourth-order valence-electron chi connectivity index (χ4n) is 14.0. The Morgan fingerprint density at radius 3 is 1.21 bits per heavy atom. The van der Waals surface area contributed by atoms with E-state index in [4.69, 9.17) is 0 Å². The van der Waals surface area contributed by atoms with E-state index < -0.39 is 10.8 Å². The fraction of sp³-hybridized carbons (Fsp3) is 0.0270. The van der Waals surface area contributed by atoms with E-state index in [1.165, 1.54) is 126 Å². The van der Waals surface area contributed by atoms with Gasteiger partial charge >= 0.3 is 0 Å². The number of rotatable bonds is 7. The van der Waals surface area contributed by atoms with Crippen molar-refractivity contribution in [1.29, 1.82) is 0 Å². The topological polar surface area (TPSA) is 3.24 Å². The van der Waals surface area contributed by atoms with Crippen molar-refractivity contribution in [3.8, 4) is 55.6 Å². The Balaban J connectivity index is 1.03. The van der Waals surface area contributed by atoms with Gasteiger partial charge in [-0.1, -0.05) is 249 Å².